The highest BCUT2D eigenvalue weighted by molar-refractivity contribution is 5.46. The molecule has 0 amide bonds. The SMILES string of the molecule is CNCCC(O)c1cc(OC)c(C)cc1OC. The number of aliphatic hydroxyl groups is 1. The molecule has 1 rings (SSSR count). The fraction of sp³-hybridized carbons (Fsp3) is 0.538. The second-order valence-corrected chi connectivity index (χ2v) is 3.97. The quantitative estimate of drug-likeness (QED) is 0.792. The van der Waals surface area contributed by atoms with E-state index in [1.165, 1.54) is 0 Å². The van der Waals surface area contributed by atoms with E-state index in [2.05, 4.69) is 5.32 Å². The van der Waals surface area contributed by atoms with Crippen molar-refractivity contribution >= 4 is 0 Å². The smallest absolute Gasteiger partial charge is 0.125 e. The van der Waals surface area contributed by atoms with E-state index in [0.717, 1.165) is 23.4 Å². The van der Waals surface area contributed by atoms with Gasteiger partial charge >= 0.3 is 0 Å². The molecule has 4 heteroatoms. The van der Waals surface area contributed by atoms with Crippen LogP contribution >= 0.6 is 0 Å². The summed E-state index contributed by atoms with van der Waals surface area (Å²) in [6.07, 6.45) is 0.0888. The van der Waals surface area contributed by atoms with Gasteiger partial charge in [-0.2, -0.15) is 0 Å². The van der Waals surface area contributed by atoms with Crippen molar-refractivity contribution in [3.8, 4) is 11.5 Å². The van der Waals surface area contributed by atoms with Crippen molar-refractivity contribution in [1.29, 1.82) is 0 Å². The number of aryl methyl sites for hydroxylation is 1. The van der Waals surface area contributed by atoms with Crippen LogP contribution in [0.25, 0.3) is 0 Å². The Hall–Kier alpha value is -1.26. The number of benzene rings is 1. The molecule has 1 atom stereocenters. The number of nitrogens with one attached hydrogen (secondary N) is 1. The van der Waals surface area contributed by atoms with Crippen LogP contribution < -0.4 is 14.8 Å². The van der Waals surface area contributed by atoms with Crippen LogP contribution in [0.4, 0.5) is 0 Å². The van der Waals surface area contributed by atoms with E-state index in [1.54, 1.807) is 14.2 Å². The van der Waals surface area contributed by atoms with E-state index in [1.807, 2.05) is 26.1 Å². The van der Waals surface area contributed by atoms with E-state index in [0.29, 0.717) is 12.2 Å². The summed E-state index contributed by atoms with van der Waals surface area (Å²) in [5.74, 6) is 1.47. The predicted octanol–water partition coefficient (Wildman–Crippen LogP) is 1.66. The van der Waals surface area contributed by atoms with Gasteiger partial charge in [-0.1, -0.05) is 0 Å². The molecule has 0 saturated heterocycles. The Morgan fingerprint density at radius 3 is 2.41 bits per heavy atom. The largest absolute Gasteiger partial charge is 0.496 e. The van der Waals surface area contributed by atoms with E-state index in [-0.39, 0.29) is 0 Å². The summed E-state index contributed by atoms with van der Waals surface area (Å²) in [5, 5.41) is 13.1. The van der Waals surface area contributed by atoms with Gasteiger partial charge in [-0.05, 0) is 44.6 Å². The van der Waals surface area contributed by atoms with Crippen LogP contribution in [0.3, 0.4) is 0 Å². The molecule has 0 aliphatic heterocycles. The lowest BCUT2D eigenvalue weighted by atomic mass is 10.0. The highest BCUT2D eigenvalue weighted by Crippen LogP contribution is 2.33. The van der Waals surface area contributed by atoms with E-state index in [4.69, 9.17) is 9.47 Å². The van der Waals surface area contributed by atoms with Crippen LogP contribution in [0, 0.1) is 6.92 Å². The zero-order valence-electron chi connectivity index (χ0n) is 10.9. The molecule has 0 spiro atoms. The molecule has 17 heavy (non-hydrogen) atoms. The molecular weight excluding hydrogens is 218 g/mol. The lowest BCUT2D eigenvalue weighted by Gasteiger charge is -2.17. The van der Waals surface area contributed by atoms with Crippen LogP contribution in [-0.4, -0.2) is 32.9 Å². The third-order valence-corrected chi connectivity index (χ3v) is 2.77. The van der Waals surface area contributed by atoms with Crippen LogP contribution in [0.15, 0.2) is 12.1 Å². The van der Waals surface area contributed by atoms with Crippen molar-refractivity contribution in [2.24, 2.45) is 0 Å². The summed E-state index contributed by atoms with van der Waals surface area (Å²) in [4.78, 5) is 0. The Balaban J connectivity index is 3.02. The van der Waals surface area contributed by atoms with Gasteiger partial charge in [-0.15, -0.1) is 0 Å². The molecule has 0 saturated carbocycles. The second-order valence-electron chi connectivity index (χ2n) is 3.97. The lowest BCUT2D eigenvalue weighted by molar-refractivity contribution is 0.163. The summed E-state index contributed by atoms with van der Waals surface area (Å²) < 4.78 is 10.5. The van der Waals surface area contributed by atoms with Gasteiger partial charge in [0.15, 0.2) is 0 Å². The number of aliphatic hydroxyl groups excluding tert-OH is 1. The van der Waals surface area contributed by atoms with Gasteiger partial charge in [0.2, 0.25) is 0 Å². The Morgan fingerprint density at radius 2 is 1.88 bits per heavy atom. The minimum atomic E-state index is -0.549. The van der Waals surface area contributed by atoms with Crippen molar-refractivity contribution in [2.75, 3.05) is 27.8 Å². The van der Waals surface area contributed by atoms with Gasteiger partial charge in [-0.25, -0.2) is 0 Å². The van der Waals surface area contributed by atoms with Crippen molar-refractivity contribution in [3.63, 3.8) is 0 Å². The summed E-state index contributed by atoms with van der Waals surface area (Å²) in [6.45, 7) is 2.70. The molecule has 96 valence electrons. The van der Waals surface area contributed by atoms with Gasteiger partial charge < -0.3 is 19.9 Å². The van der Waals surface area contributed by atoms with Gasteiger partial charge in [0, 0.05) is 5.56 Å². The molecule has 0 fully saturated rings. The maximum Gasteiger partial charge on any atom is 0.125 e. The van der Waals surface area contributed by atoms with Crippen molar-refractivity contribution in [2.45, 2.75) is 19.4 Å². The highest BCUT2D eigenvalue weighted by Gasteiger charge is 2.15. The van der Waals surface area contributed by atoms with Gasteiger partial charge in [-0.3, -0.25) is 0 Å². The van der Waals surface area contributed by atoms with E-state index >= 15 is 0 Å². The zero-order valence-corrected chi connectivity index (χ0v) is 10.9. The van der Waals surface area contributed by atoms with Crippen LogP contribution in [0.2, 0.25) is 0 Å². The zero-order chi connectivity index (χ0) is 12.8. The maximum absolute atomic E-state index is 10.1. The molecule has 1 aromatic carbocycles. The number of rotatable bonds is 6. The minimum Gasteiger partial charge on any atom is -0.496 e. The Kier molecular flexibility index (Phi) is 5.25. The van der Waals surface area contributed by atoms with E-state index in [9.17, 15) is 5.11 Å². The van der Waals surface area contributed by atoms with Crippen molar-refractivity contribution < 1.29 is 14.6 Å². The molecule has 0 aliphatic rings. The minimum absolute atomic E-state index is 0.549. The van der Waals surface area contributed by atoms with Crippen LogP contribution in [-0.2, 0) is 0 Å². The summed E-state index contributed by atoms with van der Waals surface area (Å²) in [7, 11) is 5.09. The van der Waals surface area contributed by atoms with Crippen LogP contribution in [0.1, 0.15) is 23.7 Å². The topological polar surface area (TPSA) is 50.7 Å². The molecule has 0 radical (unpaired) electrons. The van der Waals surface area contributed by atoms with Gasteiger partial charge in [0.1, 0.15) is 11.5 Å². The molecule has 0 heterocycles. The molecule has 4 nitrogen and oxygen atoms in total. The molecular formula is C13H21NO3. The van der Waals surface area contributed by atoms with E-state index < -0.39 is 6.10 Å². The molecule has 1 unspecified atom stereocenters. The molecule has 2 N–H and O–H groups in total. The van der Waals surface area contributed by atoms with Gasteiger partial charge in [0.25, 0.3) is 0 Å². The van der Waals surface area contributed by atoms with Gasteiger partial charge in [0.05, 0.1) is 20.3 Å². The average Bonchev–Trinajstić information content (AvgIpc) is 2.35. The van der Waals surface area contributed by atoms with Crippen LogP contribution in [0.5, 0.6) is 11.5 Å². The standard InChI is InChI=1S/C13H21NO3/c1-9-7-13(17-4)10(8-12(9)16-3)11(15)5-6-14-2/h7-8,11,14-15H,5-6H2,1-4H3. The Bertz CT molecular complexity index is 366. The first-order valence-electron chi connectivity index (χ1n) is 5.69. The maximum atomic E-state index is 10.1. The first kappa shape index (κ1) is 13.8. The third kappa shape index (κ3) is 3.35. The number of hydrogen-bond acceptors (Lipinski definition) is 4. The Morgan fingerprint density at radius 1 is 1.24 bits per heavy atom. The monoisotopic (exact) mass is 239 g/mol. The number of methoxy groups -OCH3 is 2. The first-order chi connectivity index (χ1) is 8.13. The lowest BCUT2D eigenvalue weighted by Crippen LogP contribution is -2.12. The Labute approximate surface area is 103 Å². The average molecular weight is 239 g/mol. The number of ether oxygens (including phenoxy) is 2. The first-order valence-corrected chi connectivity index (χ1v) is 5.69. The second kappa shape index (κ2) is 6.47. The summed E-state index contributed by atoms with van der Waals surface area (Å²) in [6, 6.07) is 3.73. The highest BCUT2D eigenvalue weighted by atomic mass is 16.5. The molecule has 1 aromatic rings. The third-order valence-electron chi connectivity index (χ3n) is 2.77. The fourth-order valence-corrected chi connectivity index (χ4v) is 1.77. The van der Waals surface area contributed by atoms with Crippen molar-refractivity contribution in [3.05, 3.63) is 23.3 Å². The fourth-order valence-electron chi connectivity index (χ4n) is 1.77. The summed E-state index contributed by atoms with van der Waals surface area (Å²) in [5.41, 5.74) is 1.76. The normalized spacial score (nSPS) is 12.3. The summed E-state index contributed by atoms with van der Waals surface area (Å²) >= 11 is 0. The molecule has 0 bridgehead atoms. The molecule has 0 aromatic heterocycles. The number of hydrogen-bond donors (Lipinski definition) is 2. The predicted molar refractivity (Wildman–Crippen MR) is 67.8 cm³/mol. The molecule has 0 aliphatic carbocycles. The van der Waals surface area contributed by atoms with Crippen molar-refractivity contribution in [1.82, 2.24) is 5.32 Å².